The number of nitrogens with zero attached hydrogens (tertiary/aromatic N) is 2. The fraction of sp³-hybridized carbons (Fsp3) is 0.370. The van der Waals surface area contributed by atoms with Gasteiger partial charge in [-0.3, -0.25) is 4.55 Å². The standard InChI is InChI=1S/C54H66N4O5S2/c1-6-10-17-40(7-2)38-55-64(59,60)47-31-29-46(30-32-47)58(9-4)45-27-23-42(24-28-45)54(41-21-25-44(26-22-41)57(8-3)43-18-12-11-13-19-43)50-35-36-53(56-52-20-15-14-16-39(52)5)51-37-48(65(61,62)63)33-34-49(50)51/h11-13,18-19,21-37,39-40,52,54-56H,6-10,14-17,20,38H2,1-5H3,(H,61,62,63). The zero-order valence-electron chi connectivity index (χ0n) is 38.6. The number of nitrogens with one attached hydrogen (secondary N) is 2. The monoisotopic (exact) mass is 914 g/mol. The normalized spacial score (nSPS) is 16.5. The molecule has 1 fully saturated rings. The second kappa shape index (κ2) is 21.4. The maximum absolute atomic E-state index is 13.3. The third kappa shape index (κ3) is 11.3. The molecule has 344 valence electrons. The van der Waals surface area contributed by atoms with E-state index >= 15 is 0 Å². The Morgan fingerprint density at radius 1 is 0.646 bits per heavy atom. The molecule has 0 aromatic heterocycles. The van der Waals surface area contributed by atoms with Crippen molar-refractivity contribution in [2.75, 3.05) is 34.8 Å². The maximum Gasteiger partial charge on any atom is 0.294 e. The quantitative estimate of drug-likeness (QED) is 0.0512. The van der Waals surface area contributed by atoms with Gasteiger partial charge < -0.3 is 15.1 Å². The van der Waals surface area contributed by atoms with E-state index in [2.05, 4.69) is 127 Å². The second-order valence-corrected chi connectivity index (χ2v) is 20.8. The van der Waals surface area contributed by atoms with Crippen LogP contribution in [0.2, 0.25) is 0 Å². The summed E-state index contributed by atoms with van der Waals surface area (Å²) in [5, 5.41) is 5.43. The van der Waals surface area contributed by atoms with Gasteiger partial charge in [-0.15, -0.1) is 0 Å². The molecule has 0 bridgehead atoms. The Balaban J connectivity index is 1.26. The van der Waals surface area contributed by atoms with Crippen molar-refractivity contribution in [2.45, 2.75) is 108 Å². The van der Waals surface area contributed by atoms with Gasteiger partial charge in [0, 0.05) is 65.4 Å². The predicted molar refractivity (Wildman–Crippen MR) is 269 cm³/mol. The van der Waals surface area contributed by atoms with Crippen LogP contribution < -0.4 is 19.8 Å². The number of hydrogen-bond donors (Lipinski definition) is 3. The Kier molecular flexibility index (Phi) is 15.7. The lowest BCUT2D eigenvalue weighted by molar-refractivity contribution is 0.350. The van der Waals surface area contributed by atoms with E-state index < -0.39 is 20.1 Å². The molecule has 0 spiro atoms. The third-order valence-corrected chi connectivity index (χ3v) is 15.7. The lowest BCUT2D eigenvalue weighted by Gasteiger charge is -2.31. The molecule has 65 heavy (non-hydrogen) atoms. The first-order chi connectivity index (χ1) is 31.3. The van der Waals surface area contributed by atoms with Gasteiger partial charge in [0.05, 0.1) is 9.79 Å². The van der Waals surface area contributed by atoms with Crippen LogP contribution in [0.4, 0.5) is 28.4 Å². The first kappa shape index (κ1) is 47.8. The molecule has 3 N–H and O–H groups in total. The van der Waals surface area contributed by atoms with Crippen LogP contribution in [0.1, 0.15) is 109 Å². The topological polar surface area (TPSA) is 119 Å². The molecule has 0 amide bonds. The summed E-state index contributed by atoms with van der Waals surface area (Å²) in [6, 6.07) is 44.1. The summed E-state index contributed by atoms with van der Waals surface area (Å²) in [6.07, 6.45) is 8.64. The number of anilines is 5. The average Bonchev–Trinajstić information content (AvgIpc) is 3.32. The highest BCUT2D eigenvalue weighted by atomic mass is 32.2. The van der Waals surface area contributed by atoms with E-state index in [9.17, 15) is 21.4 Å². The molecular formula is C54H66N4O5S2. The van der Waals surface area contributed by atoms with Crippen molar-refractivity contribution >= 4 is 59.4 Å². The van der Waals surface area contributed by atoms with Gasteiger partial charge in [0.15, 0.2) is 0 Å². The highest BCUT2D eigenvalue weighted by molar-refractivity contribution is 7.89. The molecule has 7 rings (SSSR count). The fourth-order valence-corrected chi connectivity index (χ4v) is 11.2. The zero-order chi connectivity index (χ0) is 46.1. The number of hydrogen-bond acceptors (Lipinski definition) is 7. The third-order valence-electron chi connectivity index (χ3n) is 13.4. The Labute approximate surface area is 388 Å². The first-order valence-corrected chi connectivity index (χ1v) is 26.5. The van der Waals surface area contributed by atoms with E-state index in [1.165, 1.54) is 12.5 Å². The van der Waals surface area contributed by atoms with Crippen LogP contribution in [0.3, 0.4) is 0 Å². The molecule has 1 saturated carbocycles. The molecule has 1 aliphatic carbocycles. The van der Waals surface area contributed by atoms with Crippen LogP contribution in [-0.2, 0) is 20.1 Å². The minimum atomic E-state index is -4.46. The van der Waals surface area contributed by atoms with Gasteiger partial charge in [-0.05, 0) is 146 Å². The molecule has 4 atom stereocenters. The van der Waals surface area contributed by atoms with Crippen LogP contribution in [0.5, 0.6) is 0 Å². The van der Waals surface area contributed by atoms with Gasteiger partial charge in [0.2, 0.25) is 10.0 Å². The molecule has 0 heterocycles. The molecule has 11 heteroatoms. The Morgan fingerprint density at radius 3 is 1.74 bits per heavy atom. The Morgan fingerprint density at radius 2 is 1.20 bits per heavy atom. The summed E-state index contributed by atoms with van der Waals surface area (Å²) in [6.45, 7) is 12.7. The predicted octanol–water partition coefficient (Wildman–Crippen LogP) is 13.1. The van der Waals surface area contributed by atoms with Gasteiger partial charge in [0.25, 0.3) is 10.1 Å². The summed E-state index contributed by atoms with van der Waals surface area (Å²) >= 11 is 0. The number of unbranched alkanes of at least 4 members (excludes halogenated alkanes) is 1. The number of sulfonamides is 1. The van der Waals surface area contributed by atoms with Crippen molar-refractivity contribution in [2.24, 2.45) is 11.8 Å². The Hall–Kier alpha value is -5.20. The van der Waals surface area contributed by atoms with Crippen LogP contribution >= 0.6 is 0 Å². The van der Waals surface area contributed by atoms with Crippen molar-refractivity contribution in [3.8, 4) is 0 Å². The molecule has 0 saturated heterocycles. The highest BCUT2D eigenvalue weighted by Crippen LogP contribution is 2.42. The van der Waals surface area contributed by atoms with Crippen LogP contribution in [0.15, 0.2) is 143 Å². The summed E-state index contributed by atoms with van der Waals surface area (Å²) in [4.78, 5) is 4.56. The number of rotatable bonds is 20. The first-order valence-electron chi connectivity index (χ1n) is 23.6. The molecular weight excluding hydrogens is 849 g/mol. The van der Waals surface area contributed by atoms with E-state index in [1.54, 1.807) is 18.2 Å². The minimum Gasteiger partial charge on any atom is -0.382 e. The summed E-state index contributed by atoms with van der Waals surface area (Å²) < 4.78 is 64.8. The van der Waals surface area contributed by atoms with Crippen molar-refractivity contribution in [1.82, 2.24) is 4.72 Å². The number of benzene rings is 6. The molecule has 9 nitrogen and oxygen atoms in total. The molecule has 6 aromatic rings. The lowest BCUT2D eigenvalue weighted by Crippen LogP contribution is -2.30. The van der Waals surface area contributed by atoms with Crippen LogP contribution in [0, 0.1) is 11.8 Å². The molecule has 0 radical (unpaired) electrons. The molecule has 1 aliphatic rings. The minimum absolute atomic E-state index is 0.137. The van der Waals surface area contributed by atoms with Crippen molar-refractivity contribution < 1.29 is 21.4 Å². The smallest absolute Gasteiger partial charge is 0.294 e. The van der Waals surface area contributed by atoms with E-state index in [-0.39, 0.29) is 21.8 Å². The summed E-state index contributed by atoms with van der Waals surface area (Å²) in [5.41, 5.74) is 8.01. The molecule has 0 aliphatic heterocycles. The molecule has 4 unspecified atom stereocenters. The number of fused-ring (bicyclic) bond motifs is 1. The van der Waals surface area contributed by atoms with Crippen molar-refractivity contribution in [3.05, 3.63) is 150 Å². The van der Waals surface area contributed by atoms with E-state index in [4.69, 9.17) is 0 Å². The van der Waals surface area contributed by atoms with Crippen molar-refractivity contribution in [3.63, 3.8) is 0 Å². The maximum atomic E-state index is 13.3. The SMILES string of the molecule is CCCCC(CC)CNS(=O)(=O)c1ccc(N(CC)c2ccc(C(c3ccc(N(CC)c4ccccc4)cc3)c3ccc(NC4CCCCC4C)c4cc(S(=O)(=O)O)ccc34)cc2)cc1. The van der Waals surface area contributed by atoms with E-state index in [0.717, 1.165) is 107 Å². The van der Waals surface area contributed by atoms with Gasteiger partial charge in [-0.1, -0.05) is 107 Å². The van der Waals surface area contributed by atoms with Gasteiger partial charge in [-0.2, -0.15) is 8.42 Å². The van der Waals surface area contributed by atoms with E-state index in [0.29, 0.717) is 24.9 Å². The van der Waals surface area contributed by atoms with Crippen LogP contribution in [0.25, 0.3) is 10.8 Å². The summed E-state index contributed by atoms with van der Waals surface area (Å²) in [5.74, 6) is 0.541. The van der Waals surface area contributed by atoms with E-state index in [1.807, 2.05) is 36.4 Å². The van der Waals surface area contributed by atoms with Crippen LogP contribution in [-0.4, -0.2) is 47.1 Å². The fourth-order valence-electron chi connectivity index (χ4n) is 9.56. The van der Waals surface area contributed by atoms with Gasteiger partial charge in [0.1, 0.15) is 0 Å². The van der Waals surface area contributed by atoms with Gasteiger partial charge in [-0.25, -0.2) is 13.1 Å². The second-order valence-electron chi connectivity index (χ2n) is 17.6. The van der Waals surface area contributed by atoms with Crippen molar-refractivity contribution in [1.29, 1.82) is 0 Å². The molecule has 6 aromatic carbocycles. The van der Waals surface area contributed by atoms with Gasteiger partial charge >= 0.3 is 0 Å². The number of para-hydroxylation sites is 1. The summed E-state index contributed by atoms with van der Waals surface area (Å²) in [7, 11) is -8.11. The highest BCUT2D eigenvalue weighted by Gasteiger charge is 2.26. The Bertz CT molecular complexity index is 2710. The average molecular weight is 915 g/mol. The lowest BCUT2D eigenvalue weighted by atomic mass is 9.82. The zero-order valence-corrected chi connectivity index (χ0v) is 40.2. The largest absolute Gasteiger partial charge is 0.382 e.